The number of ether oxygens (including phenoxy) is 1. The van der Waals surface area contributed by atoms with Gasteiger partial charge in [-0.3, -0.25) is 25.2 Å². The van der Waals surface area contributed by atoms with Gasteiger partial charge in [0.05, 0.1) is 17.2 Å². The van der Waals surface area contributed by atoms with Crippen LogP contribution in [0.5, 0.6) is 5.75 Å². The predicted molar refractivity (Wildman–Crippen MR) is 146 cm³/mol. The van der Waals surface area contributed by atoms with Crippen molar-refractivity contribution in [2.75, 3.05) is 6.54 Å². The number of fused-ring (bicyclic) bond motifs is 1. The first kappa shape index (κ1) is 26.9. The van der Waals surface area contributed by atoms with E-state index in [9.17, 15) is 28.5 Å². The first-order valence-corrected chi connectivity index (χ1v) is 12.7. The summed E-state index contributed by atoms with van der Waals surface area (Å²) >= 11 is 1.25. The van der Waals surface area contributed by atoms with Gasteiger partial charge in [0.2, 0.25) is 5.75 Å². The SMILES string of the molecule is Cc1cc(=O)oc2cc(OC(=O)CNC3N=C(c4ccc(F)cc4)C=C(c4ccc(F)cc4)S3)c([N+](=O)[O-])cc12. The van der Waals surface area contributed by atoms with Crippen molar-refractivity contribution in [2.24, 2.45) is 4.99 Å². The number of nitrogens with one attached hydrogen (secondary N) is 1. The molecule has 1 atom stereocenters. The molecule has 0 saturated heterocycles. The van der Waals surface area contributed by atoms with Gasteiger partial charge in [-0.25, -0.2) is 13.6 Å². The number of nitro benzene ring substituents is 1. The summed E-state index contributed by atoms with van der Waals surface area (Å²) in [5, 5.41) is 14.9. The third-order valence-electron chi connectivity index (χ3n) is 5.90. The summed E-state index contributed by atoms with van der Waals surface area (Å²) in [7, 11) is 0. The number of esters is 1. The summed E-state index contributed by atoms with van der Waals surface area (Å²) in [6.07, 6.45) is 1.77. The number of halogens is 2. The fourth-order valence-corrected chi connectivity index (χ4v) is 5.01. The molecule has 0 amide bonds. The lowest BCUT2D eigenvalue weighted by Crippen LogP contribution is -2.34. The van der Waals surface area contributed by atoms with E-state index in [0.717, 1.165) is 11.0 Å². The maximum Gasteiger partial charge on any atom is 0.336 e. The molecule has 3 aromatic carbocycles. The van der Waals surface area contributed by atoms with Crippen LogP contribution in [0.25, 0.3) is 15.9 Å². The Morgan fingerprint density at radius 1 is 1.07 bits per heavy atom. The van der Waals surface area contributed by atoms with Crippen molar-refractivity contribution in [3.05, 3.63) is 122 Å². The van der Waals surface area contributed by atoms with Gasteiger partial charge in [0.1, 0.15) is 17.2 Å². The van der Waals surface area contributed by atoms with E-state index >= 15 is 0 Å². The number of benzene rings is 3. The number of carbonyl (C=O) groups excluding carboxylic acids is 1. The van der Waals surface area contributed by atoms with Crippen molar-refractivity contribution < 1.29 is 27.7 Å². The zero-order valence-electron chi connectivity index (χ0n) is 20.7. The maximum atomic E-state index is 13.5. The van der Waals surface area contributed by atoms with Crippen LogP contribution in [-0.4, -0.2) is 28.6 Å². The number of aryl methyl sites for hydroxylation is 1. The molecular weight excluding hydrogens is 544 g/mol. The van der Waals surface area contributed by atoms with Crippen LogP contribution in [0.1, 0.15) is 16.7 Å². The predicted octanol–water partition coefficient (Wildman–Crippen LogP) is 5.34. The highest BCUT2D eigenvalue weighted by atomic mass is 32.2. The minimum Gasteiger partial charge on any atom is -0.423 e. The molecule has 1 N–H and O–H groups in total. The lowest BCUT2D eigenvalue weighted by molar-refractivity contribution is -0.385. The van der Waals surface area contributed by atoms with Gasteiger partial charge in [-0.2, -0.15) is 0 Å². The molecule has 0 bridgehead atoms. The van der Waals surface area contributed by atoms with Crippen LogP contribution in [0.3, 0.4) is 0 Å². The van der Waals surface area contributed by atoms with Crippen LogP contribution < -0.4 is 15.7 Å². The van der Waals surface area contributed by atoms with E-state index in [1.165, 1.54) is 48.2 Å². The molecule has 1 unspecified atom stereocenters. The summed E-state index contributed by atoms with van der Waals surface area (Å²) in [4.78, 5) is 40.7. The number of rotatable bonds is 7. The standard InChI is InChI=1S/C28H19F2N3O6S/c1-15-10-26(34)38-23-13-24(22(33(36)37)11-20(15)23)39-27(35)14-31-28-32-21(16-2-6-18(29)7-3-16)12-25(40-28)17-4-8-19(30)9-5-17/h2-13,28,31H,14H2,1H3. The molecule has 1 aliphatic rings. The monoisotopic (exact) mass is 563 g/mol. The van der Waals surface area contributed by atoms with E-state index in [-0.39, 0.29) is 17.9 Å². The number of thioether (sulfide) groups is 1. The summed E-state index contributed by atoms with van der Waals surface area (Å²) in [5.74, 6) is -2.04. The Morgan fingerprint density at radius 3 is 2.38 bits per heavy atom. The third-order valence-corrected chi connectivity index (χ3v) is 7.01. The minimum absolute atomic E-state index is 0.0387. The summed E-state index contributed by atoms with van der Waals surface area (Å²) in [5.41, 5.74) is 0.525. The van der Waals surface area contributed by atoms with Crippen molar-refractivity contribution in [1.29, 1.82) is 0 Å². The average Bonchev–Trinajstić information content (AvgIpc) is 2.92. The van der Waals surface area contributed by atoms with Crippen molar-refractivity contribution in [3.63, 3.8) is 0 Å². The number of nitro groups is 1. The highest BCUT2D eigenvalue weighted by molar-refractivity contribution is 8.08. The van der Waals surface area contributed by atoms with Crippen LogP contribution in [0.15, 0.2) is 87.0 Å². The van der Waals surface area contributed by atoms with Crippen molar-refractivity contribution in [3.8, 4) is 5.75 Å². The lowest BCUT2D eigenvalue weighted by Gasteiger charge is -2.22. The minimum atomic E-state index is -0.852. The van der Waals surface area contributed by atoms with Crippen LogP contribution in [0.2, 0.25) is 0 Å². The van der Waals surface area contributed by atoms with Crippen LogP contribution in [0, 0.1) is 28.7 Å². The molecule has 0 aliphatic carbocycles. The molecule has 0 radical (unpaired) electrons. The molecule has 40 heavy (non-hydrogen) atoms. The average molecular weight is 564 g/mol. The number of hydrogen-bond donors (Lipinski definition) is 1. The normalized spacial score (nSPS) is 14.9. The van der Waals surface area contributed by atoms with Crippen molar-refractivity contribution in [2.45, 2.75) is 12.4 Å². The number of allylic oxidation sites excluding steroid dienone is 1. The van der Waals surface area contributed by atoms with Crippen LogP contribution in [0.4, 0.5) is 14.5 Å². The number of carbonyl (C=O) groups is 1. The van der Waals surface area contributed by atoms with E-state index in [1.54, 1.807) is 37.3 Å². The smallest absolute Gasteiger partial charge is 0.336 e. The molecule has 5 rings (SSSR count). The molecule has 1 aliphatic heterocycles. The third kappa shape index (κ3) is 5.98. The highest BCUT2D eigenvalue weighted by Crippen LogP contribution is 2.36. The van der Waals surface area contributed by atoms with Gasteiger partial charge in [-0.1, -0.05) is 23.9 Å². The largest absolute Gasteiger partial charge is 0.423 e. The van der Waals surface area contributed by atoms with Crippen LogP contribution in [-0.2, 0) is 4.79 Å². The van der Waals surface area contributed by atoms with Gasteiger partial charge in [-0.05, 0) is 60.5 Å². The Labute approximate surface area is 229 Å². The second-order valence-corrected chi connectivity index (χ2v) is 9.81. The number of aliphatic imine (C=N–C) groups is 1. The van der Waals surface area contributed by atoms with Crippen LogP contribution >= 0.6 is 11.8 Å². The van der Waals surface area contributed by atoms with Gasteiger partial charge < -0.3 is 9.15 Å². The molecule has 0 saturated carbocycles. The maximum absolute atomic E-state index is 13.5. The first-order valence-electron chi connectivity index (χ1n) is 11.8. The molecule has 1 aromatic heterocycles. The Hall–Kier alpha value is -4.68. The van der Waals surface area contributed by atoms with E-state index in [4.69, 9.17) is 9.15 Å². The van der Waals surface area contributed by atoms with Crippen molar-refractivity contribution in [1.82, 2.24) is 5.32 Å². The fourth-order valence-electron chi connectivity index (χ4n) is 3.99. The molecule has 2 heterocycles. The molecule has 0 spiro atoms. The number of hydrogen-bond acceptors (Lipinski definition) is 9. The van der Waals surface area contributed by atoms with Gasteiger partial charge in [-0.15, -0.1) is 0 Å². The second-order valence-electron chi connectivity index (χ2n) is 8.68. The van der Waals surface area contributed by atoms with Gasteiger partial charge in [0, 0.05) is 34.1 Å². The molecule has 4 aromatic rings. The summed E-state index contributed by atoms with van der Waals surface area (Å²) in [6.45, 7) is 1.22. The topological polar surface area (TPSA) is 124 Å². The van der Waals surface area contributed by atoms with Gasteiger partial charge >= 0.3 is 17.3 Å². The van der Waals surface area contributed by atoms with Crippen molar-refractivity contribution >= 4 is 45.0 Å². The quantitative estimate of drug-likeness (QED) is 0.105. The Bertz CT molecular complexity index is 1750. The first-order chi connectivity index (χ1) is 19.2. The molecular formula is C28H19F2N3O6S. The van der Waals surface area contributed by atoms with E-state index < -0.39 is 39.3 Å². The zero-order valence-corrected chi connectivity index (χ0v) is 21.5. The Balaban J connectivity index is 1.37. The lowest BCUT2D eigenvalue weighted by atomic mass is 10.1. The summed E-state index contributed by atoms with van der Waals surface area (Å²) in [6, 6.07) is 15.1. The molecule has 9 nitrogen and oxygen atoms in total. The summed E-state index contributed by atoms with van der Waals surface area (Å²) < 4.78 is 37.4. The Morgan fingerprint density at radius 2 is 1.73 bits per heavy atom. The Kier molecular flexibility index (Phi) is 7.54. The molecule has 202 valence electrons. The van der Waals surface area contributed by atoms with Gasteiger partial charge in [0.25, 0.3) is 0 Å². The number of nitrogens with zero attached hydrogens (tertiary/aromatic N) is 2. The van der Waals surface area contributed by atoms with E-state index in [0.29, 0.717) is 27.8 Å². The second kappa shape index (κ2) is 11.2. The highest BCUT2D eigenvalue weighted by Gasteiger charge is 2.24. The zero-order chi connectivity index (χ0) is 28.4. The fraction of sp³-hybridized carbons (Fsp3) is 0.107. The molecule has 0 fully saturated rings. The van der Waals surface area contributed by atoms with E-state index in [1.807, 2.05) is 0 Å². The van der Waals surface area contributed by atoms with E-state index in [2.05, 4.69) is 10.3 Å². The van der Waals surface area contributed by atoms with Gasteiger partial charge in [0.15, 0.2) is 5.50 Å². The molecule has 12 heteroatoms.